The number of piperidine rings is 1. The highest BCUT2D eigenvalue weighted by Gasteiger charge is 2.27. The van der Waals surface area contributed by atoms with Gasteiger partial charge in [0.15, 0.2) is 9.84 Å². The first-order valence-corrected chi connectivity index (χ1v) is 10.5. The Bertz CT molecular complexity index is 913. The summed E-state index contributed by atoms with van der Waals surface area (Å²) in [6.45, 7) is 1.75. The van der Waals surface area contributed by atoms with Crippen molar-refractivity contribution in [2.75, 3.05) is 19.3 Å². The third-order valence-corrected chi connectivity index (χ3v) is 5.96. The van der Waals surface area contributed by atoms with Gasteiger partial charge >= 0.3 is 0 Å². The molecule has 0 atom stereocenters. The molecule has 0 bridgehead atoms. The van der Waals surface area contributed by atoms with Gasteiger partial charge in [-0.1, -0.05) is 17.7 Å². The van der Waals surface area contributed by atoms with E-state index >= 15 is 0 Å². The number of hydrogen-bond donors (Lipinski definition) is 0. The van der Waals surface area contributed by atoms with Gasteiger partial charge in [-0.15, -0.1) is 0 Å². The van der Waals surface area contributed by atoms with E-state index in [2.05, 4.69) is 9.88 Å². The molecule has 0 spiro atoms. The van der Waals surface area contributed by atoms with Crippen molar-refractivity contribution in [3.8, 4) is 0 Å². The zero-order valence-electron chi connectivity index (χ0n) is 14.3. The molecule has 1 aliphatic rings. The average Bonchev–Trinajstić information content (AvgIpc) is 2.57. The molecule has 1 saturated heterocycles. The average molecular weight is 401 g/mol. The summed E-state index contributed by atoms with van der Waals surface area (Å²) in [4.78, 5) is 6.52. The van der Waals surface area contributed by atoms with Crippen LogP contribution in [0, 0.1) is 11.6 Å². The predicted molar refractivity (Wildman–Crippen MR) is 96.0 cm³/mol. The molecule has 0 unspecified atom stereocenters. The minimum Gasteiger partial charge on any atom is -0.299 e. The van der Waals surface area contributed by atoms with Crippen LogP contribution in [0.25, 0.3) is 0 Å². The van der Waals surface area contributed by atoms with Crippen LogP contribution >= 0.6 is 11.6 Å². The second-order valence-corrected chi connectivity index (χ2v) is 9.02. The molecule has 1 aromatic carbocycles. The first kappa shape index (κ1) is 19.2. The van der Waals surface area contributed by atoms with E-state index in [1.807, 2.05) is 0 Å². The van der Waals surface area contributed by atoms with E-state index in [0.717, 1.165) is 12.3 Å². The van der Waals surface area contributed by atoms with Crippen molar-refractivity contribution >= 4 is 21.4 Å². The topological polar surface area (TPSA) is 50.3 Å². The highest BCUT2D eigenvalue weighted by Crippen LogP contribution is 2.32. The first-order chi connectivity index (χ1) is 12.2. The van der Waals surface area contributed by atoms with E-state index in [-0.39, 0.29) is 10.8 Å². The summed E-state index contributed by atoms with van der Waals surface area (Å²) in [5.41, 5.74) is 0.996. The van der Waals surface area contributed by atoms with Crippen molar-refractivity contribution in [3.63, 3.8) is 0 Å². The van der Waals surface area contributed by atoms with E-state index in [1.165, 1.54) is 24.4 Å². The molecule has 0 saturated carbocycles. The molecule has 0 radical (unpaired) electrons. The first-order valence-electron chi connectivity index (χ1n) is 8.26. The molecule has 2 aromatic rings. The highest BCUT2D eigenvalue weighted by molar-refractivity contribution is 7.90. The Kier molecular flexibility index (Phi) is 5.60. The summed E-state index contributed by atoms with van der Waals surface area (Å²) >= 11 is 5.90. The van der Waals surface area contributed by atoms with Gasteiger partial charge in [0.25, 0.3) is 0 Å². The molecule has 1 aromatic heterocycles. The van der Waals surface area contributed by atoms with Gasteiger partial charge in [0.2, 0.25) is 0 Å². The molecular formula is C18H19ClF2N2O2S. The summed E-state index contributed by atoms with van der Waals surface area (Å²) in [5.74, 6) is -1.13. The molecule has 0 aliphatic carbocycles. The van der Waals surface area contributed by atoms with Crippen LogP contribution in [0.4, 0.5) is 8.78 Å². The number of aromatic nitrogens is 1. The van der Waals surface area contributed by atoms with E-state index in [1.54, 1.807) is 0 Å². The number of benzene rings is 1. The molecule has 26 heavy (non-hydrogen) atoms. The van der Waals surface area contributed by atoms with Gasteiger partial charge in [-0.2, -0.15) is 0 Å². The number of pyridine rings is 1. The smallest absolute Gasteiger partial charge is 0.177 e. The minimum absolute atomic E-state index is 0.00584. The lowest BCUT2D eigenvalue weighted by Crippen LogP contribution is -2.33. The minimum atomic E-state index is -3.42. The van der Waals surface area contributed by atoms with Crippen molar-refractivity contribution in [3.05, 3.63) is 58.4 Å². The Morgan fingerprint density at radius 2 is 1.92 bits per heavy atom. The summed E-state index contributed by atoms with van der Waals surface area (Å²) < 4.78 is 50.9. The standard InChI is InChI=1S/C18H19ClF2N2O2S/c1-26(24,25)17-8-14(19)10-22-18(17)12-4-6-23(7-5-12)11-13-2-3-15(20)9-16(13)21/h2-3,8-10,12H,4-7,11H2,1H3. The Morgan fingerprint density at radius 1 is 1.23 bits per heavy atom. The van der Waals surface area contributed by atoms with Crippen molar-refractivity contribution < 1.29 is 17.2 Å². The van der Waals surface area contributed by atoms with Crippen LogP contribution in [-0.4, -0.2) is 37.6 Å². The molecule has 0 N–H and O–H groups in total. The lowest BCUT2D eigenvalue weighted by molar-refractivity contribution is 0.200. The number of halogens is 3. The summed E-state index contributed by atoms with van der Waals surface area (Å²) in [6.07, 6.45) is 4.03. The summed E-state index contributed by atoms with van der Waals surface area (Å²) in [5, 5.41) is 0.290. The van der Waals surface area contributed by atoms with E-state index in [0.29, 0.717) is 48.8 Å². The molecule has 3 rings (SSSR count). The summed E-state index contributed by atoms with van der Waals surface area (Å²) in [6, 6.07) is 5.04. The molecule has 2 heterocycles. The van der Waals surface area contributed by atoms with Crippen molar-refractivity contribution in [2.45, 2.75) is 30.2 Å². The maximum absolute atomic E-state index is 13.8. The molecule has 140 valence electrons. The number of likely N-dealkylation sites (tertiary alicyclic amines) is 1. The van der Waals surface area contributed by atoms with Gasteiger partial charge in [-0.25, -0.2) is 17.2 Å². The van der Waals surface area contributed by atoms with Crippen LogP contribution < -0.4 is 0 Å². The molecule has 8 heteroatoms. The Morgan fingerprint density at radius 3 is 2.54 bits per heavy atom. The monoisotopic (exact) mass is 400 g/mol. The highest BCUT2D eigenvalue weighted by atomic mass is 35.5. The van der Waals surface area contributed by atoms with Crippen LogP contribution in [0.15, 0.2) is 35.4 Å². The van der Waals surface area contributed by atoms with E-state index in [4.69, 9.17) is 11.6 Å². The van der Waals surface area contributed by atoms with Crippen molar-refractivity contribution in [2.24, 2.45) is 0 Å². The van der Waals surface area contributed by atoms with Gasteiger partial charge < -0.3 is 0 Å². The largest absolute Gasteiger partial charge is 0.299 e. The summed E-state index contributed by atoms with van der Waals surface area (Å²) in [7, 11) is -3.42. The van der Waals surface area contributed by atoms with Gasteiger partial charge in [-0.3, -0.25) is 9.88 Å². The fourth-order valence-corrected chi connectivity index (χ4v) is 4.45. The Balaban J connectivity index is 1.71. The van der Waals surface area contributed by atoms with Crippen LogP contribution in [0.5, 0.6) is 0 Å². The van der Waals surface area contributed by atoms with Crippen molar-refractivity contribution in [1.82, 2.24) is 9.88 Å². The van der Waals surface area contributed by atoms with Gasteiger partial charge in [0, 0.05) is 36.5 Å². The molecule has 1 fully saturated rings. The Labute approximate surface area is 156 Å². The maximum Gasteiger partial charge on any atom is 0.177 e. The fourth-order valence-electron chi connectivity index (χ4n) is 3.29. The normalized spacial score (nSPS) is 16.8. The van der Waals surface area contributed by atoms with Gasteiger partial charge in [0.05, 0.1) is 15.6 Å². The third kappa shape index (κ3) is 4.39. The van der Waals surface area contributed by atoms with Crippen molar-refractivity contribution in [1.29, 1.82) is 0 Å². The molecule has 1 aliphatic heterocycles. The predicted octanol–water partition coefficient (Wildman–Crippen LogP) is 3.80. The van der Waals surface area contributed by atoms with Gasteiger partial charge in [-0.05, 0) is 38.1 Å². The molecular weight excluding hydrogens is 382 g/mol. The lowest BCUT2D eigenvalue weighted by atomic mass is 9.92. The zero-order chi connectivity index (χ0) is 18.9. The van der Waals surface area contributed by atoms with Crippen LogP contribution in [0.2, 0.25) is 5.02 Å². The Hall–Kier alpha value is -1.57. The maximum atomic E-state index is 13.8. The van der Waals surface area contributed by atoms with Crippen LogP contribution in [0.3, 0.4) is 0 Å². The third-order valence-electron chi connectivity index (χ3n) is 4.63. The molecule has 0 amide bonds. The number of hydrogen-bond acceptors (Lipinski definition) is 4. The second-order valence-electron chi connectivity index (χ2n) is 6.60. The SMILES string of the molecule is CS(=O)(=O)c1cc(Cl)cnc1C1CCN(Cc2ccc(F)cc2F)CC1. The number of nitrogens with zero attached hydrogens (tertiary/aromatic N) is 2. The lowest BCUT2D eigenvalue weighted by Gasteiger charge is -2.32. The van der Waals surface area contributed by atoms with Crippen LogP contribution in [0.1, 0.15) is 30.0 Å². The second kappa shape index (κ2) is 7.58. The van der Waals surface area contributed by atoms with Crippen LogP contribution in [-0.2, 0) is 16.4 Å². The zero-order valence-corrected chi connectivity index (χ0v) is 15.8. The number of sulfone groups is 1. The van der Waals surface area contributed by atoms with Gasteiger partial charge in [0.1, 0.15) is 11.6 Å². The molecule has 4 nitrogen and oxygen atoms in total. The van der Waals surface area contributed by atoms with E-state index in [9.17, 15) is 17.2 Å². The van der Waals surface area contributed by atoms with E-state index < -0.39 is 21.5 Å². The fraction of sp³-hybridized carbons (Fsp3) is 0.389. The quantitative estimate of drug-likeness (QED) is 0.783. The number of rotatable bonds is 4.